The van der Waals surface area contributed by atoms with Crippen molar-refractivity contribution in [3.63, 3.8) is 0 Å². The quantitative estimate of drug-likeness (QED) is 0.710. The van der Waals surface area contributed by atoms with E-state index < -0.39 is 0 Å². The van der Waals surface area contributed by atoms with Gasteiger partial charge in [-0.3, -0.25) is 4.98 Å². The van der Waals surface area contributed by atoms with Gasteiger partial charge in [0.15, 0.2) is 5.11 Å². The molecule has 25 heavy (non-hydrogen) atoms. The summed E-state index contributed by atoms with van der Waals surface area (Å²) < 4.78 is 2.10. The minimum atomic E-state index is -0.0592. The van der Waals surface area contributed by atoms with Gasteiger partial charge < -0.3 is 19.9 Å². The van der Waals surface area contributed by atoms with Crippen molar-refractivity contribution in [2.45, 2.75) is 12.1 Å². The Morgan fingerprint density at radius 3 is 2.52 bits per heavy atom. The number of nitrogens with zero attached hydrogens (tertiary/aromatic N) is 3. The van der Waals surface area contributed by atoms with Gasteiger partial charge >= 0.3 is 0 Å². The highest BCUT2D eigenvalue weighted by molar-refractivity contribution is 7.80. The molecule has 0 bridgehead atoms. The number of rotatable bonds is 3. The summed E-state index contributed by atoms with van der Waals surface area (Å²) in [7, 11) is 2.03. The standard InChI is InChI=1S/C19H18N4OS/c1-22-12-4-6-16(22)18-17(15-5-2-3-11-20-15)21-19(25)23(18)13-7-9-14(24)10-8-13/h2-12,17-18,24H,1H3,(H,21,25)/t17-,18+/m0/s1. The molecular formula is C19H18N4OS. The van der Waals surface area contributed by atoms with E-state index in [0.717, 1.165) is 17.1 Å². The van der Waals surface area contributed by atoms with Crippen molar-refractivity contribution in [2.24, 2.45) is 7.05 Å². The van der Waals surface area contributed by atoms with Crippen LogP contribution in [0.5, 0.6) is 5.75 Å². The zero-order chi connectivity index (χ0) is 17.4. The molecule has 3 aromatic rings. The Morgan fingerprint density at radius 1 is 1.08 bits per heavy atom. The van der Waals surface area contributed by atoms with Gasteiger partial charge in [-0.2, -0.15) is 0 Å². The van der Waals surface area contributed by atoms with Gasteiger partial charge in [0.1, 0.15) is 11.8 Å². The van der Waals surface area contributed by atoms with Crippen molar-refractivity contribution >= 4 is 23.0 Å². The normalized spacial score (nSPS) is 19.9. The van der Waals surface area contributed by atoms with Crippen LogP contribution in [0.3, 0.4) is 0 Å². The number of benzene rings is 1. The lowest BCUT2D eigenvalue weighted by molar-refractivity contribution is 0.475. The van der Waals surface area contributed by atoms with E-state index in [2.05, 4.69) is 25.8 Å². The van der Waals surface area contributed by atoms with Gasteiger partial charge in [0.2, 0.25) is 0 Å². The monoisotopic (exact) mass is 350 g/mol. The summed E-state index contributed by atoms with van der Waals surface area (Å²) in [6.45, 7) is 0. The van der Waals surface area contributed by atoms with Crippen LogP contribution in [0.1, 0.15) is 23.5 Å². The first-order chi connectivity index (χ1) is 12.1. The van der Waals surface area contributed by atoms with E-state index in [1.54, 1.807) is 18.3 Å². The number of anilines is 1. The van der Waals surface area contributed by atoms with Gasteiger partial charge in [0, 0.05) is 30.8 Å². The second kappa shape index (κ2) is 6.22. The minimum Gasteiger partial charge on any atom is -0.508 e. The van der Waals surface area contributed by atoms with Crippen molar-refractivity contribution in [1.29, 1.82) is 0 Å². The smallest absolute Gasteiger partial charge is 0.174 e. The van der Waals surface area contributed by atoms with E-state index in [1.807, 2.05) is 49.6 Å². The van der Waals surface area contributed by atoms with Gasteiger partial charge in [-0.05, 0) is 60.7 Å². The van der Waals surface area contributed by atoms with Crippen LogP contribution in [-0.2, 0) is 7.05 Å². The summed E-state index contributed by atoms with van der Waals surface area (Å²) >= 11 is 5.64. The molecule has 4 rings (SSSR count). The van der Waals surface area contributed by atoms with Gasteiger partial charge in [-0.1, -0.05) is 6.07 Å². The lowest BCUT2D eigenvalue weighted by Crippen LogP contribution is -2.30. The van der Waals surface area contributed by atoms with Crippen molar-refractivity contribution < 1.29 is 5.11 Å². The topological polar surface area (TPSA) is 53.3 Å². The summed E-state index contributed by atoms with van der Waals surface area (Å²) in [6, 6.07) is 17.0. The van der Waals surface area contributed by atoms with Crippen LogP contribution < -0.4 is 10.2 Å². The van der Waals surface area contributed by atoms with Crippen LogP contribution in [0.25, 0.3) is 0 Å². The van der Waals surface area contributed by atoms with E-state index in [9.17, 15) is 5.11 Å². The number of hydrogen-bond donors (Lipinski definition) is 2. The maximum absolute atomic E-state index is 9.61. The van der Waals surface area contributed by atoms with E-state index in [1.165, 1.54) is 0 Å². The molecule has 5 nitrogen and oxygen atoms in total. The maximum atomic E-state index is 9.61. The number of hydrogen-bond acceptors (Lipinski definition) is 3. The molecular weight excluding hydrogens is 332 g/mol. The molecule has 0 saturated carbocycles. The number of phenols is 1. The number of nitrogens with one attached hydrogen (secondary N) is 1. The molecule has 126 valence electrons. The minimum absolute atomic E-state index is 0.0352. The molecule has 0 amide bonds. The predicted octanol–water partition coefficient (Wildman–Crippen LogP) is 3.30. The molecule has 1 aromatic carbocycles. The van der Waals surface area contributed by atoms with Crippen molar-refractivity contribution in [3.05, 3.63) is 78.4 Å². The zero-order valence-electron chi connectivity index (χ0n) is 13.7. The first-order valence-electron chi connectivity index (χ1n) is 8.06. The van der Waals surface area contributed by atoms with Gasteiger partial charge in [-0.25, -0.2) is 0 Å². The van der Waals surface area contributed by atoms with Gasteiger partial charge in [0.05, 0.1) is 11.7 Å². The van der Waals surface area contributed by atoms with E-state index in [0.29, 0.717) is 5.11 Å². The zero-order valence-corrected chi connectivity index (χ0v) is 14.5. The molecule has 6 heteroatoms. The molecule has 0 spiro atoms. The van der Waals surface area contributed by atoms with Crippen molar-refractivity contribution in [1.82, 2.24) is 14.9 Å². The lowest BCUT2D eigenvalue weighted by Gasteiger charge is -2.28. The fourth-order valence-electron chi connectivity index (χ4n) is 3.33. The van der Waals surface area contributed by atoms with Crippen molar-refractivity contribution in [2.75, 3.05) is 4.90 Å². The summed E-state index contributed by atoms with van der Waals surface area (Å²) in [4.78, 5) is 6.62. The summed E-state index contributed by atoms with van der Waals surface area (Å²) in [5.41, 5.74) is 3.01. The average molecular weight is 350 g/mol. The Hall–Kier alpha value is -2.86. The largest absolute Gasteiger partial charge is 0.508 e. The van der Waals surface area contributed by atoms with Crippen LogP contribution in [0.2, 0.25) is 0 Å². The number of pyridine rings is 1. The van der Waals surface area contributed by atoms with Crippen LogP contribution >= 0.6 is 12.2 Å². The molecule has 2 N–H and O–H groups in total. The van der Waals surface area contributed by atoms with Crippen LogP contribution in [0.15, 0.2) is 67.0 Å². The first kappa shape index (κ1) is 15.7. The highest BCUT2D eigenvalue weighted by Gasteiger charge is 2.41. The molecule has 2 aromatic heterocycles. The molecule has 0 unspecified atom stereocenters. The predicted molar refractivity (Wildman–Crippen MR) is 101 cm³/mol. The van der Waals surface area contributed by atoms with E-state index >= 15 is 0 Å². The van der Waals surface area contributed by atoms with E-state index in [-0.39, 0.29) is 17.8 Å². The molecule has 1 fully saturated rings. The van der Waals surface area contributed by atoms with E-state index in [4.69, 9.17) is 12.2 Å². The van der Waals surface area contributed by atoms with Gasteiger partial charge in [-0.15, -0.1) is 0 Å². The van der Waals surface area contributed by atoms with Crippen LogP contribution in [0, 0.1) is 0 Å². The number of aryl methyl sites for hydroxylation is 1. The molecule has 1 saturated heterocycles. The third kappa shape index (κ3) is 2.74. The highest BCUT2D eigenvalue weighted by atomic mass is 32.1. The number of aromatic nitrogens is 2. The third-order valence-corrected chi connectivity index (χ3v) is 4.83. The number of aromatic hydroxyl groups is 1. The average Bonchev–Trinajstić information content (AvgIpc) is 3.19. The molecule has 1 aliphatic rings. The Balaban J connectivity index is 1.83. The summed E-state index contributed by atoms with van der Waals surface area (Å²) in [5, 5.41) is 13.7. The third-order valence-electron chi connectivity index (χ3n) is 4.51. The maximum Gasteiger partial charge on any atom is 0.174 e. The highest BCUT2D eigenvalue weighted by Crippen LogP contribution is 2.41. The Bertz CT molecular complexity index is 891. The second-order valence-electron chi connectivity index (χ2n) is 6.06. The lowest BCUT2D eigenvalue weighted by atomic mass is 10.0. The Morgan fingerprint density at radius 2 is 1.88 bits per heavy atom. The number of phenolic OH excluding ortho intramolecular Hbond substituents is 1. The SMILES string of the molecule is Cn1cccc1[C@@H]1[C@H](c2ccccn2)NC(=S)N1c1ccc(O)cc1. The number of thiocarbonyl (C=S) groups is 1. The second-order valence-corrected chi connectivity index (χ2v) is 6.44. The molecule has 0 aliphatic carbocycles. The summed E-state index contributed by atoms with van der Waals surface area (Å²) in [5.74, 6) is 0.235. The van der Waals surface area contributed by atoms with Gasteiger partial charge in [0.25, 0.3) is 0 Å². The van der Waals surface area contributed by atoms with Crippen LogP contribution in [0.4, 0.5) is 5.69 Å². The molecule has 2 atom stereocenters. The Kier molecular flexibility index (Phi) is 3.89. The molecule has 0 radical (unpaired) electrons. The fourth-order valence-corrected chi connectivity index (χ4v) is 3.67. The first-order valence-corrected chi connectivity index (χ1v) is 8.47. The van der Waals surface area contributed by atoms with Crippen molar-refractivity contribution in [3.8, 4) is 5.75 Å². The Labute approximate surface area is 151 Å². The fraction of sp³-hybridized carbons (Fsp3) is 0.158. The molecule has 3 heterocycles. The molecule has 1 aliphatic heterocycles. The van der Waals surface area contributed by atoms with Crippen LogP contribution in [-0.4, -0.2) is 19.8 Å². The summed E-state index contributed by atoms with van der Waals surface area (Å²) in [6.07, 6.45) is 3.83.